The Morgan fingerprint density at radius 3 is 2.20 bits per heavy atom. The Morgan fingerprint density at radius 1 is 0.818 bits per heavy atom. The van der Waals surface area contributed by atoms with Crippen LogP contribution in [-0.2, 0) is 33.7 Å². The molecule has 0 saturated carbocycles. The predicted octanol–water partition coefficient (Wildman–Crippen LogP) is 8.22. The van der Waals surface area contributed by atoms with E-state index in [1.807, 2.05) is 112 Å². The summed E-state index contributed by atoms with van der Waals surface area (Å²) in [6, 6.07) is 32.4. The van der Waals surface area contributed by atoms with Gasteiger partial charge in [0.1, 0.15) is 17.1 Å². The third kappa shape index (κ3) is 10.1. The van der Waals surface area contributed by atoms with Gasteiger partial charge < -0.3 is 14.4 Å². The highest BCUT2D eigenvalue weighted by molar-refractivity contribution is 5.88. The summed E-state index contributed by atoms with van der Waals surface area (Å²) in [4.78, 5) is 29.8. The SMILES string of the molecule is CCOC(C)CN(Cc1cccc2ccccc12)C(=O)[C@@H](CC(=O)CCc1ccccc1)Cc1ccc(OC(C)(C)C)cc1. The zero-order valence-electron chi connectivity index (χ0n) is 26.9. The Bertz CT molecular complexity index is 1490. The van der Waals surface area contributed by atoms with Gasteiger partial charge in [-0.2, -0.15) is 0 Å². The Kier molecular flexibility index (Phi) is 11.7. The van der Waals surface area contributed by atoms with Crippen molar-refractivity contribution in [2.24, 2.45) is 5.92 Å². The van der Waals surface area contributed by atoms with E-state index in [2.05, 4.69) is 24.3 Å². The molecule has 232 valence electrons. The van der Waals surface area contributed by atoms with Gasteiger partial charge in [0.2, 0.25) is 5.91 Å². The molecule has 0 N–H and O–H groups in total. The number of amides is 1. The van der Waals surface area contributed by atoms with Crippen LogP contribution in [0.25, 0.3) is 10.8 Å². The molecule has 0 aromatic heterocycles. The molecule has 4 aromatic rings. The van der Waals surface area contributed by atoms with E-state index in [-0.39, 0.29) is 29.8 Å². The molecular weight excluding hydrogens is 546 g/mol. The highest BCUT2D eigenvalue weighted by Gasteiger charge is 2.29. The van der Waals surface area contributed by atoms with Gasteiger partial charge in [0.05, 0.1) is 6.10 Å². The summed E-state index contributed by atoms with van der Waals surface area (Å²) in [6.45, 7) is 11.5. The van der Waals surface area contributed by atoms with E-state index < -0.39 is 5.92 Å². The zero-order chi connectivity index (χ0) is 31.5. The standard InChI is InChI=1S/C39H47NO4/c1-6-43-29(2)27-40(28-33-17-12-16-32-15-10-11-18-37(32)33)38(42)34(26-35(41)22-19-30-13-8-7-9-14-30)25-31-20-23-36(24-21-31)44-39(3,4)5/h7-18,20-21,23-24,29,34H,6,19,22,25-28H2,1-5H3/t29?,34-/m1/s1. The number of hydrogen-bond donors (Lipinski definition) is 0. The van der Waals surface area contributed by atoms with E-state index in [0.29, 0.717) is 39.0 Å². The second-order valence-corrected chi connectivity index (χ2v) is 12.6. The summed E-state index contributed by atoms with van der Waals surface area (Å²) in [7, 11) is 0. The molecule has 0 heterocycles. The highest BCUT2D eigenvalue weighted by atomic mass is 16.5. The Morgan fingerprint density at radius 2 is 1.50 bits per heavy atom. The van der Waals surface area contributed by atoms with Crippen LogP contribution in [-0.4, -0.2) is 41.4 Å². The molecule has 1 unspecified atom stereocenters. The van der Waals surface area contributed by atoms with E-state index in [1.54, 1.807) is 0 Å². The van der Waals surface area contributed by atoms with Crippen molar-refractivity contribution < 1.29 is 19.1 Å². The number of Topliss-reactive ketones (excluding diaryl/α,β-unsaturated/α-hetero) is 1. The Balaban J connectivity index is 1.60. The highest BCUT2D eigenvalue weighted by Crippen LogP contribution is 2.25. The summed E-state index contributed by atoms with van der Waals surface area (Å²) in [6.07, 6.45) is 1.61. The monoisotopic (exact) mass is 593 g/mol. The topological polar surface area (TPSA) is 55.8 Å². The number of benzene rings is 4. The van der Waals surface area contributed by atoms with Crippen molar-refractivity contribution in [1.29, 1.82) is 0 Å². The van der Waals surface area contributed by atoms with Crippen LogP contribution in [0, 0.1) is 5.92 Å². The lowest BCUT2D eigenvalue weighted by molar-refractivity contribution is -0.140. The van der Waals surface area contributed by atoms with E-state index in [0.717, 1.165) is 33.2 Å². The molecular formula is C39H47NO4. The van der Waals surface area contributed by atoms with Crippen LogP contribution >= 0.6 is 0 Å². The van der Waals surface area contributed by atoms with Gasteiger partial charge in [0.15, 0.2) is 0 Å². The summed E-state index contributed by atoms with van der Waals surface area (Å²) in [5.74, 6) is 0.373. The normalized spacial score (nSPS) is 12.9. The first-order chi connectivity index (χ1) is 21.1. The Labute approximate surface area is 263 Å². The largest absolute Gasteiger partial charge is 0.488 e. The van der Waals surface area contributed by atoms with Gasteiger partial charge in [0, 0.05) is 38.5 Å². The first-order valence-electron chi connectivity index (χ1n) is 15.8. The lowest BCUT2D eigenvalue weighted by Crippen LogP contribution is -2.42. The maximum absolute atomic E-state index is 14.5. The van der Waals surface area contributed by atoms with Crippen LogP contribution in [0.5, 0.6) is 5.75 Å². The minimum absolute atomic E-state index is 0.0208. The molecule has 4 rings (SSSR count). The van der Waals surface area contributed by atoms with Crippen LogP contribution in [0.3, 0.4) is 0 Å². The molecule has 0 fully saturated rings. The number of aryl methyl sites for hydroxylation is 1. The molecule has 0 aliphatic carbocycles. The van der Waals surface area contributed by atoms with Crippen LogP contribution < -0.4 is 4.74 Å². The summed E-state index contributed by atoms with van der Waals surface area (Å²) < 4.78 is 11.9. The van der Waals surface area contributed by atoms with Gasteiger partial charge in [-0.1, -0.05) is 84.9 Å². The van der Waals surface area contributed by atoms with Crippen molar-refractivity contribution in [3.8, 4) is 5.75 Å². The number of fused-ring (bicyclic) bond motifs is 1. The molecule has 4 aromatic carbocycles. The molecule has 0 saturated heterocycles. The van der Waals surface area contributed by atoms with Crippen molar-refractivity contribution in [3.05, 3.63) is 114 Å². The van der Waals surface area contributed by atoms with Crippen molar-refractivity contribution in [3.63, 3.8) is 0 Å². The fraction of sp³-hybridized carbons (Fsp3) is 0.385. The average molecular weight is 594 g/mol. The number of ketones is 1. The van der Waals surface area contributed by atoms with Crippen LogP contribution in [0.4, 0.5) is 0 Å². The maximum atomic E-state index is 14.5. The van der Waals surface area contributed by atoms with Gasteiger partial charge in [0.25, 0.3) is 0 Å². The molecule has 0 aliphatic rings. The number of hydrogen-bond acceptors (Lipinski definition) is 4. The van der Waals surface area contributed by atoms with E-state index in [9.17, 15) is 9.59 Å². The number of rotatable bonds is 15. The lowest BCUT2D eigenvalue weighted by atomic mass is 9.90. The molecule has 0 radical (unpaired) electrons. The molecule has 44 heavy (non-hydrogen) atoms. The van der Waals surface area contributed by atoms with Gasteiger partial charge in [-0.15, -0.1) is 0 Å². The maximum Gasteiger partial charge on any atom is 0.226 e. The predicted molar refractivity (Wildman–Crippen MR) is 179 cm³/mol. The molecule has 5 heteroatoms. The fourth-order valence-corrected chi connectivity index (χ4v) is 5.66. The first-order valence-corrected chi connectivity index (χ1v) is 15.8. The number of nitrogens with zero attached hydrogens (tertiary/aromatic N) is 1. The average Bonchev–Trinajstić information content (AvgIpc) is 3.00. The lowest BCUT2D eigenvalue weighted by Gasteiger charge is -2.30. The molecule has 1 amide bonds. The van der Waals surface area contributed by atoms with Gasteiger partial charge in [-0.25, -0.2) is 0 Å². The third-order valence-corrected chi connectivity index (χ3v) is 7.67. The minimum atomic E-state index is -0.489. The smallest absolute Gasteiger partial charge is 0.226 e. The van der Waals surface area contributed by atoms with Crippen molar-refractivity contribution >= 4 is 22.5 Å². The van der Waals surface area contributed by atoms with Crippen molar-refractivity contribution in [2.45, 2.75) is 78.6 Å². The quantitative estimate of drug-likeness (QED) is 0.139. The zero-order valence-corrected chi connectivity index (χ0v) is 26.9. The summed E-state index contributed by atoms with van der Waals surface area (Å²) in [5, 5.41) is 2.27. The van der Waals surface area contributed by atoms with E-state index in [4.69, 9.17) is 9.47 Å². The Hall–Kier alpha value is -3.96. The second kappa shape index (κ2) is 15.7. The van der Waals surface area contributed by atoms with Crippen LogP contribution in [0.2, 0.25) is 0 Å². The van der Waals surface area contributed by atoms with E-state index in [1.165, 1.54) is 0 Å². The second-order valence-electron chi connectivity index (χ2n) is 12.6. The van der Waals surface area contributed by atoms with Crippen molar-refractivity contribution in [1.82, 2.24) is 4.90 Å². The van der Waals surface area contributed by atoms with Crippen LogP contribution in [0.1, 0.15) is 64.2 Å². The van der Waals surface area contributed by atoms with Gasteiger partial charge >= 0.3 is 0 Å². The van der Waals surface area contributed by atoms with Crippen LogP contribution in [0.15, 0.2) is 97.1 Å². The number of carbonyl (C=O) groups excluding carboxylic acids is 2. The minimum Gasteiger partial charge on any atom is -0.488 e. The first kappa shape index (κ1) is 32.9. The molecule has 0 aliphatic heterocycles. The summed E-state index contributed by atoms with van der Waals surface area (Å²) in [5.41, 5.74) is 2.91. The fourth-order valence-electron chi connectivity index (χ4n) is 5.66. The summed E-state index contributed by atoms with van der Waals surface area (Å²) >= 11 is 0. The molecule has 5 nitrogen and oxygen atoms in total. The van der Waals surface area contributed by atoms with Gasteiger partial charge in [-0.3, -0.25) is 9.59 Å². The number of carbonyl (C=O) groups is 2. The number of ether oxygens (including phenoxy) is 2. The molecule has 2 atom stereocenters. The molecule has 0 bridgehead atoms. The van der Waals surface area contributed by atoms with Gasteiger partial charge in [-0.05, 0) is 87.1 Å². The van der Waals surface area contributed by atoms with Crippen molar-refractivity contribution in [2.75, 3.05) is 13.2 Å². The third-order valence-electron chi connectivity index (χ3n) is 7.67. The van der Waals surface area contributed by atoms with E-state index >= 15 is 0 Å². The molecule has 0 spiro atoms.